The van der Waals surface area contributed by atoms with Crippen molar-refractivity contribution in [1.82, 2.24) is 5.32 Å². The molecular formula is C29H42N2O4S. The van der Waals surface area contributed by atoms with E-state index in [1.165, 1.54) is 23.3 Å². The molecule has 6 nitrogen and oxygen atoms in total. The number of anilines is 1. The Labute approximate surface area is 219 Å². The van der Waals surface area contributed by atoms with Gasteiger partial charge in [-0.2, -0.15) is 0 Å². The van der Waals surface area contributed by atoms with Gasteiger partial charge in [-0.1, -0.05) is 26.8 Å². The summed E-state index contributed by atoms with van der Waals surface area (Å²) in [5, 5.41) is 13.3. The number of thiophene rings is 1. The van der Waals surface area contributed by atoms with E-state index in [0.29, 0.717) is 11.6 Å². The van der Waals surface area contributed by atoms with Gasteiger partial charge in [0.1, 0.15) is 4.88 Å². The number of aromatic carboxylic acids is 1. The molecule has 0 atom stereocenters. The molecule has 4 rings (SSSR count). The van der Waals surface area contributed by atoms with Crippen LogP contribution in [0.4, 0.5) is 5.69 Å². The lowest BCUT2D eigenvalue weighted by molar-refractivity contribution is -0.126. The van der Waals surface area contributed by atoms with E-state index >= 15 is 0 Å². The Morgan fingerprint density at radius 1 is 1.03 bits per heavy atom. The van der Waals surface area contributed by atoms with E-state index in [0.717, 1.165) is 75.5 Å². The molecule has 3 aliphatic rings. The number of amides is 2. The summed E-state index contributed by atoms with van der Waals surface area (Å²) in [7, 11) is 0. The van der Waals surface area contributed by atoms with Gasteiger partial charge in [-0.25, -0.2) is 4.79 Å². The van der Waals surface area contributed by atoms with Crippen LogP contribution in [0.1, 0.15) is 112 Å². The number of carboxylic acids is 1. The number of nitrogens with zero attached hydrogens (tertiary/aromatic N) is 1. The Hall–Kier alpha value is -2.15. The average Bonchev–Trinajstić information content (AvgIpc) is 3.31. The van der Waals surface area contributed by atoms with Crippen LogP contribution in [0.25, 0.3) is 5.57 Å². The maximum absolute atomic E-state index is 14.1. The molecule has 0 saturated heterocycles. The molecule has 36 heavy (non-hydrogen) atoms. The molecule has 2 amide bonds. The van der Waals surface area contributed by atoms with Crippen LogP contribution in [0.5, 0.6) is 0 Å². The summed E-state index contributed by atoms with van der Waals surface area (Å²) in [5.41, 5.74) is 1.81. The Morgan fingerprint density at radius 2 is 1.72 bits per heavy atom. The first-order valence-electron chi connectivity index (χ1n) is 13.9. The van der Waals surface area contributed by atoms with Crippen molar-refractivity contribution in [3.8, 4) is 0 Å². The van der Waals surface area contributed by atoms with E-state index in [1.54, 1.807) is 0 Å². The van der Waals surface area contributed by atoms with E-state index in [9.17, 15) is 19.5 Å². The zero-order valence-corrected chi connectivity index (χ0v) is 22.9. The van der Waals surface area contributed by atoms with Gasteiger partial charge in [0.2, 0.25) is 11.8 Å². The van der Waals surface area contributed by atoms with Gasteiger partial charge in [-0.3, -0.25) is 9.59 Å². The van der Waals surface area contributed by atoms with E-state index in [4.69, 9.17) is 0 Å². The first-order chi connectivity index (χ1) is 17.2. The smallest absolute Gasteiger partial charge is 0.348 e. The molecule has 2 saturated carbocycles. The average molecular weight is 515 g/mol. The monoisotopic (exact) mass is 514 g/mol. The number of carbonyl (C=O) groups is 3. The number of rotatable bonds is 7. The fraction of sp³-hybridized carbons (Fsp3) is 0.690. The quantitative estimate of drug-likeness (QED) is 0.427. The number of carbonyl (C=O) groups excluding carboxylic acids is 2. The van der Waals surface area contributed by atoms with Crippen molar-refractivity contribution in [2.45, 2.75) is 110 Å². The standard InChI is InChI=1S/C29H42N2O4S/c1-18(2)27(32)30-22-13-15-23(16-14-22)31(28(33)21-11-9-19(3)10-12-21)24-17-25(36-26(24)29(34)35)20-7-5-4-6-8-20/h7,17-19,21-23H,4-6,8-16H2,1-3H3,(H,30,32)(H,34,35). The van der Waals surface area contributed by atoms with Crippen LogP contribution in [-0.4, -0.2) is 35.0 Å². The van der Waals surface area contributed by atoms with Gasteiger partial charge in [-0.05, 0) is 94.6 Å². The molecule has 198 valence electrons. The lowest BCUT2D eigenvalue weighted by Gasteiger charge is -2.39. The zero-order chi connectivity index (χ0) is 25.8. The fourth-order valence-electron chi connectivity index (χ4n) is 5.98. The minimum atomic E-state index is -0.953. The molecule has 0 spiro atoms. The van der Waals surface area contributed by atoms with Crippen molar-refractivity contribution >= 4 is 40.4 Å². The molecule has 0 radical (unpaired) electrons. The maximum Gasteiger partial charge on any atom is 0.348 e. The summed E-state index contributed by atoms with van der Waals surface area (Å²) in [6.45, 7) is 6.04. The van der Waals surface area contributed by atoms with Gasteiger partial charge in [0.15, 0.2) is 0 Å². The summed E-state index contributed by atoms with van der Waals surface area (Å²) in [6, 6.07) is 2.07. The summed E-state index contributed by atoms with van der Waals surface area (Å²) in [6.07, 6.45) is 13.5. The highest BCUT2D eigenvalue weighted by molar-refractivity contribution is 7.15. The second-order valence-corrected chi connectivity index (χ2v) is 12.5. The molecule has 7 heteroatoms. The van der Waals surface area contributed by atoms with Crippen LogP contribution in [0, 0.1) is 17.8 Å². The summed E-state index contributed by atoms with van der Waals surface area (Å²) >= 11 is 1.32. The lowest BCUT2D eigenvalue weighted by atomic mass is 9.81. The Balaban J connectivity index is 1.62. The van der Waals surface area contributed by atoms with Crippen molar-refractivity contribution in [3.05, 3.63) is 21.9 Å². The molecule has 0 aromatic carbocycles. The molecular weight excluding hydrogens is 472 g/mol. The molecule has 1 aromatic rings. The molecule has 2 fully saturated rings. The third-order valence-electron chi connectivity index (χ3n) is 8.31. The molecule has 1 aromatic heterocycles. The van der Waals surface area contributed by atoms with Gasteiger partial charge in [0, 0.05) is 28.8 Å². The van der Waals surface area contributed by atoms with Gasteiger partial charge in [-0.15, -0.1) is 11.3 Å². The largest absolute Gasteiger partial charge is 0.477 e. The highest BCUT2D eigenvalue weighted by Crippen LogP contribution is 2.42. The van der Waals surface area contributed by atoms with Crippen LogP contribution in [0.3, 0.4) is 0 Å². The second kappa shape index (κ2) is 11.9. The molecule has 1 heterocycles. The number of carboxylic acid groups (broad SMARTS) is 1. The molecule has 0 bridgehead atoms. The Kier molecular flexibility index (Phi) is 8.91. The Morgan fingerprint density at radius 3 is 2.31 bits per heavy atom. The van der Waals surface area contributed by atoms with Gasteiger partial charge < -0.3 is 15.3 Å². The molecule has 0 unspecified atom stereocenters. The van der Waals surface area contributed by atoms with Crippen molar-refractivity contribution in [2.75, 3.05) is 4.90 Å². The van der Waals surface area contributed by atoms with Crippen molar-refractivity contribution in [2.24, 2.45) is 17.8 Å². The summed E-state index contributed by atoms with van der Waals surface area (Å²) in [5.74, 6) is -0.238. The van der Waals surface area contributed by atoms with Crippen LogP contribution >= 0.6 is 11.3 Å². The highest BCUT2D eigenvalue weighted by Gasteiger charge is 2.38. The van der Waals surface area contributed by atoms with Crippen molar-refractivity contribution < 1.29 is 19.5 Å². The molecule has 2 N–H and O–H groups in total. The van der Waals surface area contributed by atoms with E-state index in [-0.39, 0.29) is 40.6 Å². The first kappa shape index (κ1) is 26.9. The predicted octanol–water partition coefficient (Wildman–Crippen LogP) is 6.65. The minimum Gasteiger partial charge on any atom is -0.477 e. The zero-order valence-electron chi connectivity index (χ0n) is 22.1. The fourth-order valence-corrected chi connectivity index (χ4v) is 7.04. The Bertz CT molecular complexity index is 981. The number of allylic oxidation sites excluding steroid dienone is 2. The third-order valence-corrected chi connectivity index (χ3v) is 9.50. The predicted molar refractivity (Wildman–Crippen MR) is 145 cm³/mol. The van der Waals surface area contributed by atoms with Crippen LogP contribution in [0.15, 0.2) is 12.1 Å². The van der Waals surface area contributed by atoms with Crippen LogP contribution in [-0.2, 0) is 9.59 Å². The maximum atomic E-state index is 14.1. The number of hydrogen-bond donors (Lipinski definition) is 2. The highest BCUT2D eigenvalue weighted by atomic mass is 32.1. The number of nitrogens with one attached hydrogen (secondary N) is 1. The van der Waals surface area contributed by atoms with Gasteiger partial charge >= 0.3 is 5.97 Å². The van der Waals surface area contributed by atoms with E-state index < -0.39 is 5.97 Å². The summed E-state index contributed by atoms with van der Waals surface area (Å²) < 4.78 is 0. The first-order valence-corrected chi connectivity index (χ1v) is 14.8. The minimum absolute atomic E-state index is 0.0371. The number of hydrogen-bond acceptors (Lipinski definition) is 4. The van der Waals surface area contributed by atoms with Crippen LogP contribution < -0.4 is 10.2 Å². The topological polar surface area (TPSA) is 86.7 Å². The lowest BCUT2D eigenvalue weighted by Crippen LogP contribution is -2.49. The third kappa shape index (κ3) is 6.21. The summed E-state index contributed by atoms with van der Waals surface area (Å²) in [4.78, 5) is 41.8. The van der Waals surface area contributed by atoms with Crippen molar-refractivity contribution in [1.29, 1.82) is 0 Å². The van der Waals surface area contributed by atoms with E-state index in [2.05, 4.69) is 18.3 Å². The SMILES string of the molecule is CC1CCC(C(=O)N(c2cc(C3=CCCCC3)sc2C(=O)O)C2CCC(NC(=O)C(C)C)CC2)CC1. The normalized spacial score (nSPS) is 26.8. The molecule has 3 aliphatic carbocycles. The van der Waals surface area contributed by atoms with E-state index in [1.807, 2.05) is 24.8 Å². The molecule has 0 aliphatic heterocycles. The van der Waals surface area contributed by atoms with Gasteiger partial charge in [0.05, 0.1) is 5.69 Å². The van der Waals surface area contributed by atoms with Gasteiger partial charge in [0.25, 0.3) is 0 Å². The van der Waals surface area contributed by atoms with Crippen molar-refractivity contribution in [3.63, 3.8) is 0 Å². The van der Waals surface area contributed by atoms with Crippen LogP contribution in [0.2, 0.25) is 0 Å². The second-order valence-electron chi connectivity index (χ2n) is 11.4.